The fourth-order valence-corrected chi connectivity index (χ4v) is 2.81. The van der Waals surface area contributed by atoms with E-state index >= 15 is 0 Å². The maximum atomic E-state index is 5.87. The van der Waals surface area contributed by atoms with Gasteiger partial charge in [-0.3, -0.25) is 0 Å². The lowest BCUT2D eigenvalue weighted by molar-refractivity contribution is 0.797. The second kappa shape index (κ2) is 6.07. The number of halogens is 1. The van der Waals surface area contributed by atoms with E-state index in [-0.39, 0.29) is 0 Å². The summed E-state index contributed by atoms with van der Waals surface area (Å²) >= 11 is 7.36. The minimum absolute atomic E-state index is 0.686. The molecule has 0 saturated heterocycles. The fraction of sp³-hybridized carbons (Fsp3) is 0.143. The first-order valence-electron chi connectivity index (χ1n) is 6.18. The smallest absolute Gasteiger partial charge is 0.113 e. The molecular weight excluding hydrogens is 292 g/mol. The maximum Gasteiger partial charge on any atom is 0.113 e. The number of nitrogens with one attached hydrogen (secondary N) is 1. The van der Waals surface area contributed by atoms with Crippen molar-refractivity contribution in [2.45, 2.75) is 13.1 Å². The van der Waals surface area contributed by atoms with Gasteiger partial charge in [-0.15, -0.1) is 11.3 Å². The summed E-state index contributed by atoms with van der Waals surface area (Å²) in [7, 11) is 0. The Bertz CT molecular complexity index is 678. The maximum absolute atomic E-state index is 5.87. The number of thiazole rings is 1. The van der Waals surface area contributed by atoms with Gasteiger partial charge < -0.3 is 9.88 Å². The Kier molecular flexibility index (Phi) is 3.99. The topological polar surface area (TPSA) is 42.7 Å². The van der Waals surface area contributed by atoms with Crippen molar-refractivity contribution in [1.82, 2.24) is 14.5 Å². The third-order valence-electron chi connectivity index (χ3n) is 2.82. The van der Waals surface area contributed by atoms with E-state index in [0.29, 0.717) is 6.54 Å². The predicted molar refractivity (Wildman–Crippen MR) is 82.2 cm³/mol. The van der Waals surface area contributed by atoms with E-state index in [1.165, 1.54) is 16.9 Å². The van der Waals surface area contributed by atoms with Crippen LogP contribution < -0.4 is 5.32 Å². The molecular formula is C14H13ClN4S. The molecule has 0 saturated carbocycles. The lowest BCUT2D eigenvalue weighted by Gasteiger charge is -2.07. The first kappa shape index (κ1) is 13.1. The summed E-state index contributed by atoms with van der Waals surface area (Å²) < 4.78 is 2.76. The lowest BCUT2D eigenvalue weighted by atomic mass is 10.2. The Hall–Kier alpha value is -1.85. The van der Waals surface area contributed by atoms with E-state index in [1.54, 1.807) is 12.4 Å². The van der Waals surface area contributed by atoms with Crippen LogP contribution in [0.1, 0.15) is 10.6 Å². The Labute approximate surface area is 126 Å². The van der Waals surface area contributed by atoms with E-state index in [4.69, 9.17) is 11.6 Å². The van der Waals surface area contributed by atoms with Crippen LogP contribution >= 0.6 is 22.9 Å². The molecule has 0 amide bonds. The molecule has 2 heterocycles. The standard InChI is InChI=1S/C14H13ClN4S/c15-13-7-18-14(20-13)8-17-12-3-1-2-11(6-12)9-19-5-4-16-10-19/h1-7,10,17H,8-9H2. The number of benzene rings is 1. The summed E-state index contributed by atoms with van der Waals surface area (Å²) in [5.74, 6) is 0. The van der Waals surface area contributed by atoms with Crippen LogP contribution in [-0.2, 0) is 13.1 Å². The molecule has 4 nitrogen and oxygen atoms in total. The van der Waals surface area contributed by atoms with Gasteiger partial charge in [0.15, 0.2) is 0 Å². The summed E-state index contributed by atoms with van der Waals surface area (Å²) in [4.78, 5) is 8.27. The second-order valence-corrected chi connectivity index (χ2v) is 6.09. The van der Waals surface area contributed by atoms with Crippen LogP contribution in [0.3, 0.4) is 0 Å². The van der Waals surface area contributed by atoms with Crippen molar-refractivity contribution in [1.29, 1.82) is 0 Å². The fourth-order valence-electron chi connectivity index (χ4n) is 1.92. The molecule has 1 N–H and O–H groups in total. The van der Waals surface area contributed by atoms with Gasteiger partial charge >= 0.3 is 0 Å². The molecule has 102 valence electrons. The van der Waals surface area contributed by atoms with Gasteiger partial charge in [0.2, 0.25) is 0 Å². The third-order valence-corrected chi connectivity index (χ3v) is 3.94. The van der Waals surface area contributed by atoms with Gasteiger partial charge in [-0.2, -0.15) is 0 Å². The third kappa shape index (κ3) is 3.37. The van der Waals surface area contributed by atoms with Crippen LogP contribution in [0.4, 0.5) is 5.69 Å². The average molecular weight is 305 g/mol. The van der Waals surface area contributed by atoms with Gasteiger partial charge in [0, 0.05) is 24.6 Å². The number of anilines is 1. The van der Waals surface area contributed by atoms with E-state index in [9.17, 15) is 0 Å². The number of hydrogen-bond acceptors (Lipinski definition) is 4. The van der Waals surface area contributed by atoms with Crippen molar-refractivity contribution in [3.8, 4) is 0 Å². The van der Waals surface area contributed by atoms with Gasteiger partial charge in [0.05, 0.1) is 19.1 Å². The zero-order valence-electron chi connectivity index (χ0n) is 10.7. The first-order chi connectivity index (χ1) is 9.79. The Morgan fingerprint density at radius 1 is 1.35 bits per heavy atom. The van der Waals surface area contributed by atoms with Crippen LogP contribution in [0.2, 0.25) is 4.34 Å². The molecule has 0 bridgehead atoms. The molecule has 3 aromatic rings. The molecule has 20 heavy (non-hydrogen) atoms. The second-order valence-electron chi connectivity index (χ2n) is 4.35. The number of rotatable bonds is 5. The van der Waals surface area contributed by atoms with Gasteiger partial charge in [0.1, 0.15) is 9.34 Å². The molecule has 6 heteroatoms. The highest BCUT2D eigenvalue weighted by Gasteiger charge is 2.01. The van der Waals surface area contributed by atoms with Gasteiger partial charge in [-0.25, -0.2) is 9.97 Å². The number of imidazole rings is 1. The summed E-state index contributed by atoms with van der Waals surface area (Å²) in [5, 5.41) is 4.34. The van der Waals surface area contributed by atoms with Crippen molar-refractivity contribution >= 4 is 28.6 Å². The molecule has 0 aliphatic rings. The molecule has 0 aliphatic heterocycles. The molecule has 0 radical (unpaired) electrons. The summed E-state index contributed by atoms with van der Waals surface area (Å²) in [6, 6.07) is 8.33. The van der Waals surface area contributed by atoms with Crippen molar-refractivity contribution in [3.63, 3.8) is 0 Å². The van der Waals surface area contributed by atoms with Crippen LogP contribution in [0.5, 0.6) is 0 Å². The van der Waals surface area contributed by atoms with Crippen molar-refractivity contribution in [2.24, 2.45) is 0 Å². The van der Waals surface area contributed by atoms with Crippen LogP contribution in [-0.4, -0.2) is 14.5 Å². The van der Waals surface area contributed by atoms with Crippen LogP contribution in [0, 0.1) is 0 Å². The van der Waals surface area contributed by atoms with Crippen molar-refractivity contribution < 1.29 is 0 Å². The summed E-state index contributed by atoms with van der Waals surface area (Å²) in [5.41, 5.74) is 2.30. The van der Waals surface area contributed by atoms with Crippen molar-refractivity contribution in [2.75, 3.05) is 5.32 Å². The Morgan fingerprint density at radius 2 is 2.30 bits per heavy atom. The van der Waals surface area contributed by atoms with E-state index in [1.807, 2.05) is 29.2 Å². The van der Waals surface area contributed by atoms with E-state index in [0.717, 1.165) is 21.6 Å². The SMILES string of the molecule is Clc1cnc(CNc2cccc(Cn3ccnc3)c2)s1. The highest BCUT2D eigenvalue weighted by Crippen LogP contribution is 2.19. The lowest BCUT2D eigenvalue weighted by Crippen LogP contribution is -2.01. The zero-order chi connectivity index (χ0) is 13.8. The molecule has 0 atom stereocenters. The predicted octanol–water partition coefficient (Wildman–Crippen LogP) is 3.65. The Morgan fingerprint density at radius 3 is 3.05 bits per heavy atom. The molecule has 0 unspecified atom stereocenters. The largest absolute Gasteiger partial charge is 0.379 e. The number of hydrogen-bond donors (Lipinski definition) is 1. The highest BCUT2D eigenvalue weighted by molar-refractivity contribution is 7.15. The normalized spacial score (nSPS) is 10.7. The van der Waals surface area contributed by atoms with Gasteiger partial charge in [0.25, 0.3) is 0 Å². The van der Waals surface area contributed by atoms with Crippen LogP contribution in [0.25, 0.3) is 0 Å². The zero-order valence-corrected chi connectivity index (χ0v) is 12.2. The van der Waals surface area contributed by atoms with Gasteiger partial charge in [-0.1, -0.05) is 23.7 Å². The monoisotopic (exact) mass is 304 g/mol. The minimum Gasteiger partial charge on any atom is -0.379 e. The van der Waals surface area contributed by atoms with Crippen molar-refractivity contribution in [3.05, 3.63) is 64.1 Å². The molecule has 0 spiro atoms. The Balaban J connectivity index is 1.65. The molecule has 1 aromatic carbocycles. The minimum atomic E-state index is 0.686. The first-order valence-corrected chi connectivity index (χ1v) is 7.38. The molecule has 0 fully saturated rings. The number of aromatic nitrogens is 3. The molecule has 0 aliphatic carbocycles. The quantitative estimate of drug-likeness (QED) is 0.782. The van der Waals surface area contributed by atoms with E-state index < -0.39 is 0 Å². The summed E-state index contributed by atoms with van der Waals surface area (Å²) in [6.45, 7) is 1.50. The average Bonchev–Trinajstić information content (AvgIpc) is 3.09. The van der Waals surface area contributed by atoms with E-state index in [2.05, 4.69) is 27.4 Å². The molecule has 2 aromatic heterocycles. The van der Waals surface area contributed by atoms with Gasteiger partial charge in [-0.05, 0) is 17.7 Å². The number of nitrogens with zero attached hydrogens (tertiary/aromatic N) is 3. The van der Waals surface area contributed by atoms with Crippen LogP contribution in [0.15, 0.2) is 49.2 Å². The summed E-state index contributed by atoms with van der Waals surface area (Å²) in [6.07, 6.45) is 7.24. The highest BCUT2D eigenvalue weighted by atomic mass is 35.5. The molecule has 3 rings (SSSR count).